The van der Waals surface area contributed by atoms with Gasteiger partial charge in [0.2, 0.25) is 10.0 Å². The Morgan fingerprint density at radius 3 is 2.44 bits per heavy atom. The molecule has 27 heavy (non-hydrogen) atoms. The molecule has 0 fully saturated rings. The van der Waals surface area contributed by atoms with Crippen molar-refractivity contribution in [2.75, 3.05) is 13.1 Å². The maximum atomic E-state index is 12.8. The predicted molar refractivity (Wildman–Crippen MR) is 104 cm³/mol. The van der Waals surface area contributed by atoms with Gasteiger partial charge in [0.05, 0.1) is 17.2 Å². The summed E-state index contributed by atoms with van der Waals surface area (Å²) in [5, 5.41) is 4.05. The number of hydrogen-bond donors (Lipinski definition) is 0. The number of hydrogen-bond acceptors (Lipinski definition) is 5. The van der Waals surface area contributed by atoms with Gasteiger partial charge in [0.1, 0.15) is 10.0 Å². The van der Waals surface area contributed by atoms with Gasteiger partial charge in [0.25, 0.3) is 0 Å². The first-order chi connectivity index (χ1) is 12.9. The summed E-state index contributed by atoms with van der Waals surface area (Å²) < 4.78 is 28.5. The molecule has 0 atom stereocenters. The first-order valence-electron chi connectivity index (χ1n) is 8.46. The lowest BCUT2D eigenvalue weighted by atomic mass is 9.95. The molecule has 1 aliphatic rings. The molecule has 1 aromatic carbocycles. The van der Waals surface area contributed by atoms with Crippen molar-refractivity contribution in [2.24, 2.45) is 7.05 Å². The van der Waals surface area contributed by atoms with Gasteiger partial charge >= 0.3 is 0 Å². The molecule has 0 amide bonds. The molecule has 0 aliphatic carbocycles. The van der Waals surface area contributed by atoms with E-state index in [0.29, 0.717) is 19.5 Å². The van der Waals surface area contributed by atoms with E-state index in [4.69, 9.17) is 11.6 Å². The monoisotopic (exact) mass is 403 g/mol. The topological polar surface area (TPSA) is 81.0 Å². The minimum Gasteiger partial charge on any atom is -0.256 e. The van der Waals surface area contributed by atoms with E-state index < -0.39 is 10.0 Å². The van der Waals surface area contributed by atoms with Crippen LogP contribution in [-0.2, 0) is 17.1 Å². The van der Waals surface area contributed by atoms with Crippen molar-refractivity contribution in [3.05, 3.63) is 53.1 Å². The van der Waals surface area contributed by atoms with E-state index in [0.717, 1.165) is 27.7 Å². The highest BCUT2D eigenvalue weighted by Gasteiger charge is 2.30. The molecule has 4 rings (SSSR count). The molecule has 0 saturated carbocycles. The lowest BCUT2D eigenvalue weighted by molar-refractivity contribution is 0.441. The molecular weight excluding hydrogens is 386 g/mol. The highest BCUT2D eigenvalue weighted by atomic mass is 35.5. The summed E-state index contributed by atoms with van der Waals surface area (Å²) in [5.41, 5.74) is 4.98. The molecule has 0 spiro atoms. The minimum atomic E-state index is -3.67. The van der Waals surface area contributed by atoms with Crippen LogP contribution < -0.4 is 0 Å². The van der Waals surface area contributed by atoms with Gasteiger partial charge < -0.3 is 0 Å². The molecule has 0 bridgehead atoms. The Balaban J connectivity index is 1.64. The summed E-state index contributed by atoms with van der Waals surface area (Å²) in [7, 11) is -2.06. The third-order valence-electron chi connectivity index (χ3n) is 4.79. The number of aromatic nitrogens is 4. The van der Waals surface area contributed by atoms with Crippen LogP contribution in [0.5, 0.6) is 0 Å². The maximum Gasteiger partial charge on any atom is 0.248 e. The minimum absolute atomic E-state index is 0.0423. The number of sulfonamides is 1. The third kappa shape index (κ3) is 3.13. The summed E-state index contributed by atoms with van der Waals surface area (Å²) >= 11 is 6.08. The van der Waals surface area contributed by atoms with Crippen LogP contribution in [0.25, 0.3) is 16.6 Å². The van der Waals surface area contributed by atoms with Gasteiger partial charge in [0, 0.05) is 32.5 Å². The molecule has 1 aliphatic heterocycles. The molecule has 140 valence electrons. The zero-order valence-corrected chi connectivity index (χ0v) is 16.5. The van der Waals surface area contributed by atoms with E-state index in [2.05, 4.69) is 15.1 Å². The summed E-state index contributed by atoms with van der Waals surface area (Å²) in [6.07, 6.45) is 7.21. The third-order valence-corrected chi connectivity index (χ3v) is 7.21. The summed E-state index contributed by atoms with van der Waals surface area (Å²) in [6.45, 7) is 2.71. The second-order valence-corrected chi connectivity index (χ2v) is 8.74. The van der Waals surface area contributed by atoms with E-state index in [1.165, 1.54) is 15.2 Å². The zero-order chi connectivity index (χ0) is 19.2. The van der Waals surface area contributed by atoms with Crippen molar-refractivity contribution < 1.29 is 8.42 Å². The molecule has 0 radical (unpaired) electrons. The van der Waals surface area contributed by atoms with Crippen LogP contribution in [0.4, 0.5) is 0 Å². The molecule has 3 heterocycles. The number of fused-ring (bicyclic) bond motifs is 1. The van der Waals surface area contributed by atoms with Gasteiger partial charge in [-0.05, 0) is 42.2 Å². The summed E-state index contributed by atoms with van der Waals surface area (Å²) in [4.78, 5) is 8.73. The Labute approximate surface area is 162 Å². The fourth-order valence-electron chi connectivity index (χ4n) is 3.29. The Kier molecular flexibility index (Phi) is 4.49. The van der Waals surface area contributed by atoms with Crippen molar-refractivity contribution in [3.63, 3.8) is 0 Å². The average Bonchev–Trinajstić information content (AvgIpc) is 3.01. The quantitative estimate of drug-likeness (QED) is 0.671. The second kappa shape index (κ2) is 6.70. The van der Waals surface area contributed by atoms with Gasteiger partial charge in [-0.25, -0.2) is 8.42 Å². The van der Waals surface area contributed by atoms with E-state index in [1.54, 1.807) is 19.4 Å². The molecule has 9 heteroatoms. The molecule has 2 aromatic heterocycles. The van der Waals surface area contributed by atoms with Crippen LogP contribution >= 0.6 is 11.6 Å². The van der Waals surface area contributed by atoms with Gasteiger partial charge in [-0.15, -0.1) is 0 Å². The van der Waals surface area contributed by atoms with Crippen LogP contribution in [-0.4, -0.2) is 45.6 Å². The second-order valence-electron chi connectivity index (χ2n) is 6.48. The number of nitrogens with zero attached hydrogens (tertiary/aromatic N) is 5. The standard InChI is InChI=1S/C18H18ClN5O2S/c1-12-9-15-16(21-6-5-20-15)10-14(12)13-3-7-24(8-4-13)27(25,26)17-11-22-23(2)18(17)19/h3,5-6,9-11H,4,7-8H2,1-2H3. The van der Waals surface area contributed by atoms with Crippen molar-refractivity contribution in [2.45, 2.75) is 18.2 Å². The Morgan fingerprint density at radius 2 is 1.85 bits per heavy atom. The summed E-state index contributed by atoms with van der Waals surface area (Å²) in [5.74, 6) is 0. The van der Waals surface area contributed by atoms with Gasteiger partial charge in [-0.3, -0.25) is 14.6 Å². The summed E-state index contributed by atoms with van der Waals surface area (Å²) in [6, 6.07) is 4.03. The predicted octanol–water partition coefficient (Wildman–Crippen LogP) is 2.80. The Morgan fingerprint density at radius 1 is 1.15 bits per heavy atom. The molecule has 3 aromatic rings. The highest BCUT2D eigenvalue weighted by Crippen LogP contribution is 2.31. The van der Waals surface area contributed by atoms with Crippen LogP contribution in [0.15, 0.2) is 41.7 Å². The van der Waals surface area contributed by atoms with Crippen molar-refractivity contribution >= 4 is 38.2 Å². The Bertz CT molecular complexity index is 1170. The van der Waals surface area contributed by atoms with E-state index >= 15 is 0 Å². The van der Waals surface area contributed by atoms with E-state index in [-0.39, 0.29) is 10.0 Å². The van der Waals surface area contributed by atoms with E-state index in [1.807, 2.05) is 25.1 Å². The molecule has 7 nitrogen and oxygen atoms in total. The lowest BCUT2D eigenvalue weighted by Gasteiger charge is -2.26. The first kappa shape index (κ1) is 18.1. The first-order valence-corrected chi connectivity index (χ1v) is 10.3. The smallest absolute Gasteiger partial charge is 0.248 e. The number of rotatable bonds is 3. The number of benzene rings is 1. The van der Waals surface area contributed by atoms with Crippen LogP contribution in [0, 0.1) is 6.92 Å². The van der Waals surface area contributed by atoms with Crippen LogP contribution in [0.2, 0.25) is 5.15 Å². The molecule has 0 unspecified atom stereocenters. The SMILES string of the molecule is Cc1cc2nccnc2cc1C1=CCN(S(=O)(=O)c2cnn(C)c2Cl)CC1. The molecular formula is C18H18ClN5O2S. The number of halogens is 1. The van der Waals surface area contributed by atoms with Crippen molar-refractivity contribution in [3.8, 4) is 0 Å². The number of aryl methyl sites for hydroxylation is 2. The fraction of sp³-hybridized carbons (Fsp3) is 0.278. The van der Waals surface area contributed by atoms with Crippen molar-refractivity contribution in [1.82, 2.24) is 24.1 Å². The van der Waals surface area contributed by atoms with Crippen LogP contribution in [0.3, 0.4) is 0 Å². The lowest BCUT2D eigenvalue weighted by Crippen LogP contribution is -2.34. The zero-order valence-electron chi connectivity index (χ0n) is 14.9. The molecule has 0 saturated heterocycles. The van der Waals surface area contributed by atoms with Crippen LogP contribution in [0.1, 0.15) is 17.5 Å². The molecule has 0 N–H and O–H groups in total. The van der Waals surface area contributed by atoms with E-state index in [9.17, 15) is 8.42 Å². The van der Waals surface area contributed by atoms with Gasteiger partial charge in [-0.1, -0.05) is 17.7 Å². The Hall–Kier alpha value is -2.29. The normalized spacial score (nSPS) is 15.9. The van der Waals surface area contributed by atoms with Gasteiger partial charge in [-0.2, -0.15) is 9.40 Å². The largest absolute Gasteiger partial charge is 0.256 e. The highest BCUT2D eigenvalue weighted by molar-refractivity contribution is 7.89. The average molecular weight is 404 g/mol. The maximum absolute atomic E-state index is 12.8. The van der Waals surface area contributed by atoms with Crippen molar-refractivity contribution in [1.29, 1.82) is 0 Å². The fourth-order valence-corrected chi connectivity index (χ4v) is 5.08. The van der Waals surface area contributed by atoms with Gasteiger partial charge in [0.15, 0.2) is 0 Å².